The summed E-state index contributed by atoms with van der Waals surface area (Å²) in [5.74, 6) is -0.257. The van der Waals surface area contributed by atoms with Gasteiger partial charge in [0.05, 0.1) is 11.3 Å². The van der Waals surface area contributed by atoms with Gasteiger partial charge < -0.3 is 5.32 Å². The highest BCUT2D eigenvalue weighted by atomic mass is 79.9. The van der Waals surface area contributed by atoms with E-state index in [4.69, 9.17) is 11.6 Å². The molecule has 0 atom stereocenters. The van der Waals surface area contributed by atoms with Crippen molar-refractivity contribution in [2.75, 3.05) is 5.32 Å². The van der Waals surface area contributed by atoms with Gasteiger partial charge in [0.1, 0.15) is 5.15 Å². The largest absolute Gasteiger partial charge is 0.320 e. The predicted molar refractivity (Wildman–Crippen MR) is 86.7 cm³/mol. The third-order valence-corrected chi connectivity index (χ3v) is 4.17. The standard InChI is InChI=1S/C12H6Br3ClN2O/c13-7-3-8(14)11(9(15)4-7)18-12(19)6-1-2-10(16)17-5-6/h1-5H,(H,18,19). The molecule has 1 aromatic heterocycles. The van der Waals surface area contributed by atoms with Crippen LogP contribution < -0.4 is 5.32 Å². The van der Waals surface area contributed by atoms with Crippen LogP contribution in [-0.2, 0) is 0 Å². The average Bonchev–Trinajstić information content (AvgIpc) is 2.34. The number of anilines is 1. The van der Waals surface area contributed by atoms with Gasteiger partial charge in [0, 0.05) is 19.6 Å². The van der Waals surface area contributed by atoms with Gasteiger partial charge in [0.2, 0.25) is 0 Å². The Balaban J connectivity index is 2.26. The molecule has 1 heterocycles. The zero-order valence-electron chi connectivity index (χ0n) is 9.25. The van der Waals surface area contributed by atoms with Gasteiger partial charge in [-0.2, -0.15) is 0 Å². The summed E-state index contributed by atoms with van der Waals surface area (Å²) in [6, 6.07) is 6.88. The number of carbonyl (C=O) groups is 1. The van der Waals surface area contributed by atoms with Gasteiger partial charge in [0.25, 0.3) is 5.91 Å². The average molecular weight is 469 g/mol. The lowest BCUT2D eigenvalue weighted by Gasteiger charge is -2.10. The molecule has 1 aromatic carbocycles. The van der Waals surface area contributed by atoms with Crippen molar-refractivity contribution in [2.45, 2.75) is 0 Å². The molecule has 0 aliphatic heterocycles. The summed E-state index contributed by atoms with van der Waals surface area (Å²) in [7, 11) is 0. The van der Waals surface area contributed by atoms with E-state index >= 15 is 0 Å². The first kappa shape index (κ1) is 15.0. The molecule has 0 unspecified atom stereocenters. The lowest BCUT2D eigenvalue weighted by atomic mass is 10.2. The monoisotopic (exact) mass is 466 g/mol. The highest BCUT2D eigenvalue weighted by Gasteiger charge is 2.12. The molecule has 1 N–H and O–H groups in total. The quantitative estimate of drug-likeness (QED) is 0.609. The number of amides is 1. The molecule has 0 aliphatic rings. The van der Waals surface area contributed by atoms with Crippen LogP contribution in [0.3, 0.4) is 0 Å². The Morgan fingerprint density at radius 2 is 1.79 bits per heavy atom. The van der Waals surface area contributed by atoms with Crippen LogP contribution in [0.5, 0.6) is 0 Å². The zero-order chi connectivity index (χ0) is 14.0. The van der Waals surface area contributed by atoms with Crippen molar-refractivity contribution in [1.29, 1.82) is 0 Å². The Labute approximate surface area is 140 Å². The summed E-state index contributed by atoms with van der Waals surface area (Å²) >= 11 is 15.8. The minimum Gasteiger partial charge on any atom is -0.320 e. The Hall–Kier alpha value is -0.430. The van der Waals surface area contributed by atoms with Crippen molar-refractivity contribution in [3.05, 3.63) is 54.6 Å². The van der Waals surface area contributed by atoms with E-state index in [1.54, 1.807) is 12.1 Å². The fourth-order valence-corrected chi connectivity index (χ4v) is 3.93. The number of hydrogen-bond donors (Lipinski definition) is 1. The summed E-state index contributed by atoms with van der Waals surface area (Å²) in [5, 5.41) is 3.15. The SMILES string of the molecule is O=C(Nc1c(Br)cc(Br)cc1Br)c1ccc(Cl)nc1. The maximum absolute atomic E-state index is 12.1. The number of nitrogens with zero attached hydrogens (tertiary/aromatic N) is 1. The molecule has 2 rings (SSSR count). The van der Waals surface area contributed by atoms with E-state index in [-0.39, 0.29) is 5.91 Å². The molecule has 0 aliphatic carbocycles. The van der Waals surface area contributed by atoms with Gasteiger partial charge in [0.15, 0.2) is 0 Å². The molecule has 0 radical (unpaired) electrons. The van der Waals surface area contributed by atoms with Gasteiger partial charge in [-0.25, -0.2) is 4.98 Å². The fraction of sp³-hybridized carbons (Fsp3) is 0. The lowest BCUT2D eigenvalue weighted by molar-refractivity contribution is 0.102. The first-order valence-corrected chi connectivity index (χ1v) is 7.80. The second-order valence-electron chi connectivity index (χ2n) is 3.57. The maximum Gasteiger partial charge on any atom is 0.257 e. The number of pyridine rings is 1. The molecule has 19 heavy (non-hydrogen) atoms. The smallest absolute Gasteiger partial charge is 0.257 e. The Bertz CT molecular complexity index is 608. The van der Waals surface area contributed by atoms with Crippen LogP contribution in [-0.4, -0.2) is 10.9 Å². The molecule has 0 saturated carbocycles. The highest BCUT2D eigenvalue weighted by molar-refractivity contribution is 9.11. The van der Waals surface area contributed by atoms with Crippen molar-refractivity contribution in [3.8, 4) is 0 Å². The van der Waals surface area contributed by atoms with Crippen LogP contribution in [0.25, 0.3) is 0 Å². The van der Waals surface area contributed by atoms with Gasteiger partial charge >= 0.3 is 0 Å². The van der Waals surface area contributed by atoms with Gasteiger partial charge in [-0.05, 0) is 56.1 Å². The number of nitrogens with one attached hydrogen (secondary N) is 1. The Morgan fingerprint density at radius 3 is 2.32 bits per heavy atom. The van der Waals surface area contributed by atoms with E-state index in [0.717, 1.165) is 13.4 Å². The second kappa shape index (κ2) is 6.35. The molecule has 0 fully saturated rings. The van der Waals surface area contributed by atoms with E-state index in [1.807, 2.05) is 12.1 Å². The molecule has 3 nitrogen and oxygen atoms in total. The van der Waals surface area contributed by atoms with Crippen molar-refractivity contribution in [2.24, 2.45) is 0 Å². The predicted octanol–water partition coefficient (Wildman–Crippen LogP) is 5.27. The number of halogens is 4. The van der Waals surface area contributed by atoms with Crippen molar-refractivity contribution in [3.63, 3.8) is 0 Å². The van der Waals surface area contributed by atoms with E-state index in [2.05, 4.69) is 58.1 Å². The minimum atomic E-state index is -0.257. The van der Waals surface area contributed by atoms with Gasteiger partial charge in [-0.1, -0.05) is 27.5 Å². The van der Waals surface area contributed by atoms with Crippen molar-refractivity contribution < 1.29 is 4.79 Å². The molecular weight excluding hydrogens is 463 g/mol. The van der Waals surface area contributed by atoms with Crippen molar-refractivity contribution >= 4 is 71.0 Å². The van der Waals surface area contributed by atoms with Crippen LogP contribution in [0.1, 0.15) is 10.4 Å². The lowest BCUT2D eigenvalue weighted by Crippen LogP contribution is -2.13. The number of hydrogen-bond acceptors (Lipinski definition) is 2. The van der Waals surface area contributed by atoms with Gasteiger partial charge in [-0.3, -0.25) is 4.79 Å². The van der Waals surface area contributed by atoms with Crippen molar-refractivity contribution in [1.82, 2.24) is 4.98 Å². The molecule has 7 heteroatoms. The molecule has 0 saturated heterocycles. The summed E-state index contributed by atoms with van der Waals surface area (Å²) in [6.07, 6.45) is 1.43. The number of benzene rings is 1. The normalized spacial score (nSPS) is 10.3. The first-order chi connectivity index (χ1) is 8.97. The summed E-state index contributed by atoms with van der Waals surface area (Å²) in [6.45, 7) is 0. The highest BCUT2D eigenvalue weighted by Crippen LogP contribution is 2.34. The maximum atomic E-state index is 12.1. The molecule has 98 valence electrons. The molecule has 0 bridgehead atoms. The van der Waals surface area contributed by atoms with Crippen LogP contribution in [0.2, 0.25) is 5.15 Å². The summed E-state index contributed by atoms with van der Waals surface area (Å²) in [5.41, 5.74) is 1.09. The third kappa shape index (κ3) is 3.78. The minimum absolute atomic E-state index is 0.257. The number of rotatable bonds is 2. The summed E-state index contributed by atoms with van der Waals surface area (Å²) < 4.78 is 2.44. The number of carbonyl (C=O) groups excluding carboxylic acids is 1. The second-order valence-corrected chi connectivity index (χ2v) is 6.58. The van der Waals surface area contributed by atoms with E-state index < -0.39 is 0 Å². The Morgan fingerprint density at radius 1 is 1.16 bits per heavy atom. The van der Waals surface area contributed by atoms with E-state index in [9.17, 15) is 4.79 Å². The van der Waals surface area contributed by atoms with Crippen LogP contribution in [0, 0.1) is 0 Å². The van der Waals surface area contributed by atoms with Gasteiger partial charge in [-0.15, -0.1) is 0 Å². The molecule has 0 spiro atoms. The van der Waals surface area contributed by atoms with Crippen LogP contribution >= 0.6 is 59.4 Å². The fourth-order valence-electron chi connectivity index (χ4n) is 1.36. The molecular formula is C12H6Br3ClN2O. The third-order valence-electron chi connectivity index (χ3n) is 2.23. The Kier molecular flexibility index (Phi) is 5.00. The number of aromatic nitrogens is 1. The molecule has 1 amide bonds. The topological polar surface area (TPSA) is 42.0 Å². The zero-order valence-corrected chi connectivity index (χ0v) is 14.8. The van der Waals surface area contributed by atoms with Crippen LogP contribution in [0.4, 0.5) is 5.69 Å². The first-order valence-electron chi connectivity index (χ1n) is 5.05. The summed E-state index contributed by atoms with van der Waals surface area (Å²) in [4.78, 5) is 15.9. The van der Waals surface area contributed by atoms with E-state index in [1.165, 1.54) is 6.20 Å². The van der Waals surface area contributed by atoms with Crippen LogP contribution in [0.15, 0.2) is 43.9 Å². The van der Waals surface area contributed by atoms with E-state index in [0.29, 0.717) is 16.4 Å². The molecule has 2 aromatic rings.